The number of nitrogens with zero attached hydrogens (tertiary/aromatic N) is 1. The van der Waals surface area contributed by atoms with Gasteiger partial charge in [-0.25, -0.2) is 0 Å². The summed E-state index contributed by atoms with van der Waals surface area (Å²) in [5.74, 6) is 0.316. The van der Waals surface area contributed by atoms with Crippen molar-refractivity contribution in [2.45, 2.75) is 25.4 Å². The van der Waals surface area contributed by atoms with E-state index in [1.54, 1.807) is 6.07 Å². The van der Waals surface area contributed by atoms with Crippen LogP contribution in [0.15, 0.2) is 34.8 Å². The fourth-order valence-electron chi connectivity index (χ4n) is 2.59. The van der Waals surface area contributed by atoms with E-state index in [2.05, 4.69) is 21.2 Å². The normalized spacial score (nSPS) is 14.5. The minimum absolute atomic E-state index is 0.0486. The van der Waals surface area contributed by atoms with Crippen molar-refractivity contribution in [2.24, 2.45) is 0 Å². The minimum atomic E-state index is 0.0486. The molecule has 0 aromatic heterocycles. The van der Waals surface area contributed by atoms with Crippen molar-refractivity contribution in [2.75, 3.05) is 13.6 Å². The number of phenolic OH excluding ortho intramolecular Hbond substituents is 1. The second-order valence-corrected chi connectivity index (χ2v) is 6.86. The number of aromatic hydroxyl groups is 1. The number of carbonyl (C=O) groups is 1. The first-order valence-corrected chi connectivity index (χ1v) is 8.20. The van der Waals surface area contributed by atoms with Gasteiger partial charge in [0.2, 0.25) is 5.91 Å². The Bertz CT molecular complexity index is 713. The molecular formula is C17H19BrN2O2. The van der Waals surface area contributed by atoms with E-state index in [1.807, 2.05) is 36.2 Å². The number of hydrogen-bond donors (Lipinski definition) is 2. The molecule has 2 aromatic carbocycles. The first kappa shape index (κ1) is 15.3. The number of carbonyl (C=O) groups excluding carboxylic acids is 1. The Morgan fingerprint density at radius 2 is 2.14 bits per heavy atom. The van der Waals surface area contributed by atoms with Crippen molar-refractivity contribution in [1.29, 1.82) is 0 Å². The summed E-state index contributed by atoms with van der Waals surface area (Å²) in [6.07, 6.45) is 2.18. The molecule has 0 aliphatic heterocycles. The summed E-state index contributed by atoms with van der Waals surface area (Å²) in [5.41, 5.74) is 0.853. The maximum atomic E-state index is 11.9. The summed E-state index contributed by atoms with van der Waals surface area (Å²) in [6.45, 7) is 0.867. The Kier molecular flexibility index (Phi) is 4.36. The average molecular weight is 363 g/mol. The van der Waals surface area contributed by atoms with E-state index in [0.717, 1.165) is 33.7 Å². The molecule has 3 rings (SSSR count). The van der Waals surface area contributed by atoms with Crippen LogP contribution in [0.5, 0.6) is 5.75 Å². The lowest BCUT2D eigenvalue weighted by Crippen LogP contribution is -2.35. The molecule has 1 amide bonds. The monoisotopic (exact) mass is 362 g/mol. The smallest absolute Gasteiger partial charge is 0.234 e. The molecule has 0 radical (unpaired) electrons. The first-order valence-electron chi connectivity index (χ1n) is 7.41. The molecule has 1 saturated carbocycles. The van der Waals surface area contributed by atoms with E-state index in [9.17, 15) is 9.90 Å². The van der Waals surface area contributed by atoms with Gasteiger partial charge in [0.15, 0.2) is 0 Å². The number of halogens is 1. The zero-order valence-corrected chi connectivity index (χ0v) is 14.1. The Morgan fingerprint density at radius 1 is 1.36 bits per heavy atom. The third-order valence-corrected chi connectivity index (χ3v) is 4.35. The molecule has 2 N–H and O–H groups in total. The SMILES string of the molecule is CN(CC(=O)NC1CC1)Cc1c(O)ccc2cc(Br)ccc12. The van der Waals surface area contributed by atoms with Crippen LogP contribution in [0.25, 0.3) is 10.8 Å². The molecule has 2 aromatic rings. The first-order chi connectivity index (χ1) is 10.5. The molecule has 4 nitrogen and oxygen atoms in total. The standard InChI is InChI=1S/C17H19BrN2O2/c1-20(10-17(22)19-13-4-5-13)9-15-14-6-3-12(18)8-11(14)2-7-16(15)21/h2-3,6-8,13,21H,4-5,9-10H2,1H3,(H,19,22). The van der Waals surface area contributed by atoms with Gasteiger partial charge in [0.25, 0.3) is 0 Å². The highest BCUT2D eigenvalue weighted by molar-refractivity contribution is 9.10. The van der Waals surface area contributed by atoms with Gasteiger partial charge in [0.05, 0.1) is 6.54 Å². The number of likely N-dealkylation sites (N-methyl/N-ethyl adjacent to an activating group) is 1. The number of benzene rings is 2. The van der Waals surface area contributed by atoms with Gasteiger partial charge in [-0.1, -0.05) is 28.1 Å². The lowest BCUT2D eigenvalue weighted by atomic mass is 10.0. The van der Waals surface area contributed by atoms with Crippen molar-refractivity contribution in [3.8, 4) is 5.75 Å². The predicted molar refractivity (Wildman–Crippen MR) is 90.8 cm³/mol. The third-order valence-electron chi connectivity index (χ3n) is 3.85. The molecule has 22 heavy (non-hydrogen) atoms. The number of phenols is 1. The molecule has 0 unspecified atom stereocenters. The number of fused-ring (bicyclic) bond motifs is 1. The van der Waals surface area contributed by atoms with E-state index in [1.165, 1.54) is 0 Å². The number of hydrogen-bond acceptors (Lipinski definition) is 3. The van der Waals surface area contributed by atoms with Gasteiger partial charge in [-0.05, 0) is 48.9 Å². The second kappa shape index (κ2) is 6.26. The van der Waals surface area contributed by atoms with Crippen LogP contribution in [0.4, 0.5) is 0 Å². The van der Waals surface area contributed by atoms with E-state index in [-0.39, 0.29) is 11.7 Å². The molecule has 0 heterocycles. The van der Waals surface area contributed by atoms with Gasteiger partial charge < -0.3 is 10.4 Å². The van der Waals surface area contributed by atoms with Crippen LogP contribution in [0.1, 0.15) is 18.4 Å². The van der Waals surface area contributed by atoms with E-state index in [0.29, 0.717) is 19.1 Å². The second-order valence-electron chi connectivity index (χ2n) is 5.94. The number of amides is 1. The van der Waals surface area contributed by atoms with Crippen molar-refractivity contribution in [3.63, 3.8) is 0 Å². The quantitative estimate of drug-likeness (QED) is 0.859. The summed E-state index contributed by atoms with van der Waals surface area (Å²) in [7, 11) is 1.89. The summed E-state index contributed by atoms with van der Waals surface area (Å²) in [6, 6.07) is 9.97. The topological polar surface area (TPSA) is 52.6 Å². The summed E-state index contributed by atoms with van der Waals surface area (Å²) in [4.78, 5) is 13.8. The van der Waals surface area contributed by atoms with Crippen molar-refractivity contribution >= 4 is 32.6 Å². The fraction of sp³-hybridized carbons (Fsp3) is 0.353. The molecule has 1 aliphatic carbocycles. The maximum absolute atomic E-state index is 11.9. The van der Waals surface area contributed by atoms with Crippen LogP contribution in [0.2, 0.25) is 0 Å². The molecule has 1 aliphatic rings. The highest BCUT2D eigenvalue weighted by Gasteiger charge is 2.23. The summed E-state index contributed by atoms with van der Waals surface area (Å²) < 4.78 is 1.01. The molecule has 116 valence electrons. The van der Waals surface area contributed by atoms with Crippen LogP contribution in [-0.4, -0.2) is 35.5 Å². The molecule has 0 spiro atoms. The van der Waals surface area contributed by atoms with Gasteiger partial charge in [-0.2, -0.15) is 0 Å². The highest BCUT2D eigenvalue weighted by atomic mass is 79.9. The summed E-state index contributed by atoms with van der Waals surface area (Å²) >= 11 is 3.46. The maximum Gasteiger partial charge on any atom is 0.234 e. The Balaban J connectivity index is 1.77. The molecule has 0 atom stereocenters. The fourth-order valence-corrected chi connectivity index (χ4v) is 2.97. The zero-order chi connectivity index (χ0) is 15.7. The zero-order valence-electron chi connectivity index (χ0n) is 12.5. The van der Waals surface area contributed by atoms with Gasteiger partial charge in [-0.3, -0.25) is 9.69 Å². The van der Waals surface area contributed by atoms with Gasteiger partial charge in [0.1, 0.15) is 5.75 Å². The molecule has 1 fully saturated rings. The highest BCUT2D eigenvalue weighted by Crippen LogP contribution is 2.30. The Labute approximate surface area is 138 Å². The van der Waals surface area contributed by atoms with E-state index in [4.69, 9.17) is 0 Å². The Hall–Kier alpha value is -1.59. The van der Waals surface area contributed by atoms with Gasteiger partial charge >= 0.3 is 0 Å². The van der Waals surface area contributed by atoms with Gasteiger partial charge in [0, 0.05) is 22.6 Å². The van der Waals surface area contributed by atoms with Gasteiger partial charge in [-0.15, -0.1) is 0 Å². The number of rotatable bonds is 5. The minimum Gasteiger partial charge on any atom is -0.508 e. The van der Waals surface area contributed by atoms with E-state index < -0.39 is 0 Å². The van der Waals surface area contributed by atoms with Crippen LogP contribution in [0, 0.1) is 0 Å². The molecule has 0 saturated heterocycles. The predicted octanol–water partition coefficient (Wildman–Crippen LogP) is 3.02. The lowest BCUT2D eigenvalue weighted by molar-refractivity contribution is -0.122. The number of nitrogens with one attached hydrogen (secondary N) is 1. The molecule has 0 bridgehead atoms. The van der Waals surface area contributed by atoms with Crippen molar-refractivity contribution < 1.29 is 9.90 Å². The van der Waals surface area contributed by atoms with Crippen molar-refractivity contribution in [1.82, 2.24) is 10.2 Å². The summed E-state index contributed by atoms with van der Waals surface area (Å²) in [5, 5.41) is 15.2. The van der Waals surface area contributed by atoms with Crippen LogP contribution >= 0.6 is 15.9 Å². The average Bonchev–Trinajstić information content (AvgIpc) is 3.25. The lowest BCUT2D eigenvalue weighted by Gasteiger charge is -2.18. The molecular weight excluding hydrogens is 344 g/mol. The van der Waals surface area contributed by atoms with Crippen LogP contribution in [-0.2, 0) is 11.3 Å². The van der Waals surface area contributed by atoms with Crippen molar-refractivity contribution in [3.05, 3.63) is 40.4 Å². The van der Waals surface area contributed by atoms with Crippen LogP contribution in [0.3, 0.4) is 0 Å². The Morgan fingerprint density at radius 3 is 2.86 bits per heavy atom. The molecule has 5 heteroatoms. The van der Waals surface area contributed by atoms with Crippen LogP contribution < -0.4 is 5.32 Å². The largest absolute Gasteiger partial charge is 0.508 e. The van der Waals surface area contributed by atoms with E-state index >= 15 is 0 Å². The third kappa shape index (κ3) is 3.59.